The van der Waals surface area contributed by atoms with Crippen LogP contribution in [0.25, 0.3) is 0 Å². The maximum Gasteiger partial charge on any atom is 0.0347 e. The van der Waals surface area contributed by atoms with Gasteiger partial charge in [-0.1, -0.05) is 32.0 Å². The van der Waals surface area contributed by atoms with Crippen LogP contribution in [0.2, 0.25) is 0 Å². The molecule has 1 atom stereocenters. The molecule has 17 heavy (non-hydrogen) atoms. The van der Waals surface area contributed by atoms with Gasteiger partial charge in [0.15, 0.2) is 0 Å². The number of nitrogens with two attached hydrogens (primary N) is 2. The summed E-state index contributed by atoms with van der Waals surface area (Å²) in [5.41, 5.74) is 16.4. The van der Waals surface area contributed by atoms with Gasteiger partial charge in [0.2, 0.25) is 0 Å². The van der Waals surface area contributed by atoms with Crippen molar-refractivity contribution in [3.8, 4) is 0 Å². The second-order valence-corrected chi connectivity index (χ2v) is 5.89. The summed E-state index contributed by atoms with van der Waals surface area (Å²) < 4.78 is 0. The normalized spacial score (nSPS) is 16.9. The summed E-state index contributed by atoms with van der Waals surface area (Å²) in [6, 6.07) is 6.85. The molecule has 0 saturated heterocycles. The molecule has 1 aromatic rings. The minimum atomic E-state index is 0.0710. The number of aryl methyl sites for hydroxylation is 2. The maximum absolute atomic E-state index is 6.40. The second kappa shape index (κ2) is 4.79. The molecule has 0 heterocycles. The summed E-state index contributed by atoms with van der Waals surface area (Å²) in [4.78, 5) is 0. The van der Waals surface area contributed by atoms with Gasteiger partial charge in [0.05, 0.1) is 0 Å². The number of hydrogen-bond acceptors (Lipinski definition) is 2. The maximum atomic E-state index is 6.40. The Kier molecular flexibility index (Phi) is 3.55. The van der Waals surface area contributed by atoms with Crippen LogP contribution < -0.4 is 11.5 Å². The van der Waals surface area contributed by atoms with E-state index in [1.165, 1.54) is 36.0 Å². The predicted molar refractivity (Wildman–Crippen MR) is 72.8 cm³/mol. The Morgan fingerprint density at radius 3 is 2.65 bits per heavy atom. The molecule has 4 N–H and O–H groups in total. The molecule has 1 aliphatic rings. The van der Waals surface area contributed by atoms with Gasteiger partial charge in [0, 0.05) is 6.04 Å². The number of hydrogen-bond donors (Lipinski definition) is 2. The fourth-order valence-corrected chi connectivity index (χ4v) is 2.76. The van der Waals surface area contributed by atoms with Gasteiger partial charge < -0.3 is 11.5 Å². The third-order valence-electron chi connectivity index (χ3n) is 4.11. The molecule has 94 valence electrons. The van der Waals surface area contributed by atoms with Crippen molar-refractivity contribution in [3.05, 3.63) is 34.9 Å². The molecule has 0 radical (unpaired) electrons. The highest BCUT2D eigenvalue weighted by atomic mass is 14.7. The molecule has 0 aromatic heterocycles. The molecule has 0 saturated carbocycles. The van der Waals surface area contributed by atoms with Gasteiger partial charge in [-0.2, -0.15) is 0 Å². The zero-order chi connectivity index (χ0) is 12.5. The van der Waals surface area contributed by atoms with Crippen LogP contribution in [0, 0.1) is 5.41 Å². The standard InChI is InChI=1S/C15H24N2/c1-15(2,8-9-16)14(17)13-7-6-11-4-3-5-12(11)10-13/h6-7,10,14H,3-5,8-9,16-17H2,1-2H3. The highest BCUT2D eigenvalue weighted by Gasteiger charge is 2.27. The van der Waals surface area contributed by atoms with E-state index < -0.39 is 0 Å². The van der Waals surface area contributed by atoms with Gasteiger partial charge in [0.25, 0.3) is 0 Å². The van der Waals surface area contributed by atoms with E-state index >= 15 is 0 Å². The van der Waals surface area contributed by atoms with E-state index in [1.807, 2.05) is 0 Å². The molecule has 1 aliphatic carbocycles. The fraction of sp³-hybridized carbons (Fsp3) is 0.600. The van der Waals surface area contributed by atoms with Gasteiger partial charge in [-0.05, 0) is 54.3 Å². The Hall–Kier alpha value is -0.860. The van der Waals surface area contributed by atoms with Crippen molar-refractivity contribution in [2.45, 2.75) is 45.6 Å². The molecule has 2 rings (SSSR count). The molecule has 1 aromatic carbocycles. The minimum absolute atomic E-state index is 0.0710. The number of fused-ring (bicyclic) bond motifs is 1. The summed E-state index contributed by atoms with van der Waals surface area (Å²) in [6.07, 6.45) is 4.70. The molecule has 2 nitrogen and oxygen atoms in total. The van der Waals surface area contributed by atoms with Crippen molar-refractivity contribution < 1.29 is 0 Å². The first-order chi connectivity index (χ1) is 8.04. The lowest BCUT2D eigenvalue weighted by molar-refractivity contribution is 0.271. The molecular weight excluding hydrogens is 208 g/mol. The molecule has 0 spiro atoms. The third-order valence-corrected chi connectivity index (χ3v) is 4.11. The molecule has 0 bridgehead atoms. The van der Waals surface area contributed by atoms with Crippen LogP contribution in [0.4, 0.5) is 0 Å². The number of rotatable bonds is 4. The van der Waals surface area contributed by atoms with Crippen molar-refractivity contribution in [2.75, 3.05) is 6.54 Å². The fourth-order valence-electron chi connectivity index (χ4n) is 2.76. The van der Waals surface area contributed by atoms with E-state index in [0.717, 1.165) is 6.42 Å². The van der Waals surface area contributed by atoms with E-state index in [1.54, 1.807) is 0 Å². The predicted octanol–water partition coefficient (Wildman–Crippen LogP) is 2.55. The van der Waals surface area contributed by atoms with Crippen molar-refractivity contribution in [1.82, 2.24) is 0 Å². The smallest absolute Gasteiger partial charge is 0.0347 e. The van der Waals surface area contributed by atoms with E-state index in [0.29, 0.717) is 6.54 Å². The van der Waals surface area contributed by atoms with Gasteiger partial charge in [-0.15, -0.1) is 0 Å². The van der Waals surface area contributed by atoms with Crippen molar-refractivity contribution >= 4 is 0 Å². The second-order valence-electron chi connectivity index (χ2n) is 5.89. The quantitative estimate of drug-likeness (QED) is 0.838. The Bertz CT molecular complexity index is 396. The van der Waals surface area contributed by atoms with E-state index in [-0.39, 0.29) is 11.5 Å². The third kappa shape index (κ3) is 2.53. The highest BCUT2D eigenvalue weighted by molar-refractivity contribution is 5.37. The summed E-state index contributed by atoms with van der Waals surface area (Å²) >= 11 is 0. The van der Waals surface area contributed by atoms with E-state index in [9.17, 15) is 0 Å². The Morgan fingerprint density at radius 2 is 1.94 bits per heavy atom. The van der Waals surface area contributed by atoms with Crippen LogP contribution >= 0.6 is 0 Å². The first-order valence-electron chi connectivity index (χ1n) is 6.62. The van der Waals surface area contributed by atoms with Crippen LogP contribution in [0.15, 0.2) is 18.2 Å². The first kappa shape index (κ1) is 12.6. The van der Waals surface area contributed by atoms with Crippen molar-refractivity contribution in [3.63, 3.8) is 0 Å². The van der Waals surface area contributed by atoms with Gasteiger partial charge in [-0.25, -0.2) is 0 Å². The van der Waals surface area contributed by atoms with Crippen LogP contribution in [-0.2, 0) is 12.8 Å². The largest absolute Gasteiger partial charge is 0.330 e. The van der Waals surface area contributed by atoms with Crippen LogP contribution in [0.3, 0.4) is 0 Å². The van der Waals surface area contributed by atoms with E-state index in [2.05, 4.69) is 32.0 Å². The minimum Gasteiger partial charge on any atom is -0.330 e. The topological polar surface area (TPSA) is 52.0 Å². The van der Waals surface area contributed by atoms with Crippen LogP contribution in [-0.4, -0.2) is 6.54 Å². The van der Waals surface area contributed by atoms with Crippen LogP contribution in [0.5, 0.6) is 0 Å². The molecule has 0 fully saturated rings. The van der Waals surface area contributed by atoms with Crippen molar-refractivity contribution in [1.29, 1.82) is 0 Å². The summed E-state index contributed by atoms with van der Waals surface area (Å²) in [5, 5.41) is 0. The summed E-state index contributed by atoms with van der Waals surface area (Å²) in [7, 11) is 0. The Balaban J connectivity index is 2.22. The Labute approximate surface area is 104 Å². The average molecular weight is 232 g/mol. The lowest BCUT2D eigenvalue weighted by atomic mass is 9.78. The molecular formula is C15H24N2. The Morgan fingerprint density at radius 1 is 1.24 bits per heavy atom. The lowest BCUT2D eigenvalue weighted by Gasteiger charge is -2.32. The van der Waals surface area contributed by atoms with E-state index in [4.69, 9.17) is 11.5 Å². The molecule has 1 unspecified atom stereocenters. The van der Waals surface area contributed by atoms with Crippen molar-refractivity contribution in [2.24, 2.45) is 16.9 Å². The molecule has 0 aliphatic heterocycles. The molecule has 2 heteroatoms. The summed E-state index contributed by atoms with van der Waals surface area (Å²) in [6.45, 7) is 5.11. The van der Waals surface area contributed by atoms with Crippen LogP contribution in [0.1, 0.15) is 49.4 Å². The highest BCUT2D eigenvalue weighted by Crippen LogP contribution is 2.35. The summed E-state index contributed by atoms with van der Waals surface area (Å²) in [5.74, 6) is 0. The monoisotopic (exact) mass is 232 g/mol. The average Bonchev–Trinajstić information content (AvgIpc) is 2.74. The zero-order valence-corrected chi connectivity index (χ0v) is 11.0. The van der Waals surface area contributed by atoms with Gasteiger partial charge >= 0.3 is 0 Å². The lowest BCUT2D eigenvalue weighted by Crippen LogP contribution is -2.31. The SMILES string of the molecule is CC(C)(CCN)C(N)c1ccc2c(c1)CCC2. The molecule has 0 amide bonds. The number of benzene rings is 1. The van der Waals surface area contributed by atoms with Gasteiger partial charge in [-0.3, -0.25) is 0 Å². The van der Waals surface area contributed by atoms with Gasteiger partial charge in [0.1, 0.15) is 0 Å². The zero-order valence-electron chi connectivity index (χ0n) is 11.0. The first-order valence-corrected chi connectivity index (χ1v) is 6.62.